The number of hydrogen-bond acceptors (Lipinski definition) is 3. The fourth-order valence-electron chi connectivity index (χ4n) is 1.20. The van der Waals surface area contributed by atoms with E-state index in [0.717, 1.165) is 0 Å². The summed E-state index contributed by atoms with van der Waals surface area (Å²) in [5, 5.41) is 2.99. The second-order valence-electron chi connectivity index (χ2n) is 3.49. The first-order chi connectivity index (χ1) is 7.88. The average Bonchev–Trinajstić information content (AvgIpc) is 2.62. The molecule has 0 aliphatic carbocycles. The summed E-state index contributed by atoms with van der Waals surface area (Å²) in [4.78, 5) is 0. The van der Waals surface area contributed by atoms with Gasteiger partial charge < -0.3 is 14.5 Å². The van der Waals surface area contributed by atoms with Crippen LogP contribution in [-0.2, 0) is 4.74 Å². The van der Waals surface area contributed by atoms with Gasteiger partial charge in [0.25, 0.3) is 0 Å². The van der Waals surface area contributed by atoms with E-state index in [0.29, 0.717) is 17.0 Å². The molecule has 0 bridgehead atoms. The van der Waals surface area contributed by atoms with Crippen LogP contribution in [0.15, 0.2) is 21.2 Å². The van der Waals surface area contributed by atoms with Crippen molar-refractivity contribution in [2.75, 3.05) is 19.8 Å². The lowest BCUT2D eigenvalue weighted by molar-refractivity contribution is -0.173. The van der Waals surface area contributed by atoms with E-state index < -0.39 is 12.8 Å². The van der Waals surface area contributed by atoms with Crippen LogP contribution < -0.4 is 5.32 Å². The highest BCUT2D eigenvalue weighted by atomic mass is 79.9. The summed E-state index contributed by atoms with van der Waals surface area (Å²) >= 11 is 3.17. The van der Waals surface area contributed by atoms with Crippen LogP contribution >= 0.6 is 15.9 Å². The number of rotatable bonds is 6. The third kappa shape index (κ3) is 6.09. The zero-order valence-corrected chi connectivity index (χ0v) is 10.8. The standard InChI is InChI=1S/C10H13BrF3NO2/c1-7(8-2-3-9(11)17-8)15-4-5-16-6-10(12,13)14/h2-3,7,15H,4-6H2,1H3. The van der Waals surface area contributed by atoms with Crippen molar-refractivity contribution in [2.45, 2.75) is 19.1 Å². The maximum atomic E-state index is 11.7. The van der Waals surface area contributed by atoms with Gasteiger partial charge in [0.2, 0.25) is 0 Å². The molecule has 98 valence electrons. The molecule has 1 N–H and O–H groups in total. The maximum Gasteiger partial charge on any atom is 0.411 e. The van der Waals surface area contributed by atoms with Gasteiger partial charge in [-0.25, -0.2) is 0 Å². The predicted octanol–water partition coefficient (Wildman–Crippen LogP) is 3.27. The Bertz CT molecular complexity index is 341. The molecular weight excluding hydrogens is 303 g/mol. The molecule has 0 saturated carbocycles. The first-order valence-electron chi connectivity index (χ1n) is 5.01. The smallest absolute Gasteiger partial charge is 0.411 e. The van der Waals surface area contributed by atoms with Gasteiger partial charge in [0, 0.05) is 6.54 Å². The molecule has 1 atom stereocenters. The molecule has 7 heteroatoms. The van der Waals surface area contributed by atoms with Crippen molar-refractivity contribution in [3.63, 3.8) is 0 Å². The second kappa shape index (κ2) is 6.42. The lowest BCUT2D eigenvalue weighted by Gasteiger charge is -2.12. The Morgan fingerprint density at radius 3 is 2.71 bits per heavy atom. The van der Waals surface area contributed by atoms with Crippen LogP contribution in [0.2, 0.25) is 0 Å². The summed E-state index contributed by atoms with van der Waals surface area (Å²) < 4.78 is 45.6. The number of ether oxygens (including phenoxy) is 1. The van der Waals surface area contributed by atoms with Gasteiger partial charge in [0.1, 0.15) is 12.4 Å². The summed E-state index contributed by atoms with van der Waals surface area (Å²) in [5.74, 6) is 0.715. The van der Waals surface area contributed by atoms with Crippen LogP contribution in [0.4, 0.5) is 13.2 Å². The molecule has 0 fully saturated rings. The van der Waals surface area contributed by atoms with Crippen molar-refractivity contribution in [3.8, 4) is 0 Å². The quantitative estimate of drug-likeness (QED) is 0.818. The number of nitrogens with one attached hydrogen (secondary N) is 1. The SMILES string of the molecule is CC(NCCOCC(F)(F)F)c1ccc(Br)o1. The number of hydrogen-bond donors (Lipinski definition) is 1. The van der Waals surface area contributed by atoms with Crippen molar-refractivity contribution in [1.82, 2.24) is 5.32 Å². The van der Waals surface area contributed by atoms with Crippen LogP contribution in [0.1, 0.15) is 18.7 Å². The molecule has 17 heavy (non-hydrogen) atoms. The van der Waals surface area contributed by atoms with E-state index in [1.807, 2.05) is 6.92 Å². The molecule has 1 rings (SSSR count). The van der Waals surface area contributed by atoms with E-state index in [4.69, 9.17) is 4.42 Å². The summed E-state index contributed by atoms with van der Waals surface area (Å²) in [6.07, 6.45) is -4.27. The second-order valence-corrected chi connectivity index (χ2v) is 4.27. The molecule has 0 radical (unpaired) electrons. The van der Waals surface area contributed by atoms with E-state index in [1.165, 1.54) is 0 Å². The van der Waals surface area contributed by atoms with Crippen molar-refractivity contribution >= 4 is 15.9 Å². The number of alkyl halides is 3. The highest BCUT2D eigenvalue weighted by Crippen LogP contribution is 2.19. The zero-order chi connectivity index (χ0) is 12.9. The Kier molecular flexibility index (Phi) is 5.48. The van der Waals surface area contributed by atoms with E-state index in [2.05, 4.69) is 26.0 Å². The van der Waals surface area contributed by atoms with Crippen molar-refractivity contribution < 1.29 is 22.3 Å². The van der Waals surface area contributed by atoms with E-state index in [9.17, 15) is 13.2 Å². The van der Waals surface area contributed by atoms with Crippen LogP contribution in [0.3, 0.4) is 0 Å². The van der Waals surface area contributed by atoms with Crippen molar-refractivity contribution in [3.05, 3.63) is 22.6 Å². The number of furan rings is 1. The fraction of sp³-hybridized carbons (Fsp3) is 0.600. The van der Waals surface area contributed by atoms with Gasteiger partial charge in [-0.1, -0.05) is 0 Å². The summed E-state index contributed by atoms with van der Waals surface area (Å²) in [6.45, 7) is 0.978. The molecule has 1 heterocycles. The minimum Gasteiger partial charge on any atom is -0.453 e. The molecule has 1 aromatic rings. The topological polar surface area (TPSA) is 34.4 Å². The highest BCUT2D eigenvalue weighted by Gasteiger charge is 2.27. The van der Waals surface area contributed by atoms with Gasteiger partial charge >= 0.3 is 6.18 Å². The first kappa shape index (κ1) is 14.5. The molecule has 0 saturated heterocycles. The molecule has 0 amide bonds. The summed E-state index contributed by atoms with van der Waals surface area (Å²) in [6, 6.07) is 3.47. The Morgan fingerprint density at radius 1 is 1.47 bits per heavy atom. The monoisotopic (exact) mass is 315 g/mol. The van der Waals surface area contributed by atoms with Crippen LogP contribution in [0.5, 0.6) is 0 Å². The largest absolute Gasteiger partial charge is 0.453 e. The zero-order valence-electron chi connectivity index (χ0n) is 9.18. The Balaban J connectivity index is 2.15. The minimum atomic E-state index is -4.27. The molecule has 1 unspecified atom stereocenters. The normalized spacial score (nSPS) is 13.9. The van der Waals surface area contributed by atoms with Gasteiger partial charge in [-0.15, -0.1) is 0 Å². The van der Waals surface area contributed by atoms with Crippen molar-refractivity contribution in [2.24, 2.45) is 0 Å². The van der Waals surface area contributed by atoms with Gasteiger partial charge in [-0.05, 0) is 35.0 Å². The highest BCUT2D eigenvalue weighted by molar-refractivity contribution is 9.10. The van der Waals surface area contributed by atoms with Crippen LogP contribution in [-0.4, -0.2) is 25.9 Å². The van der Waals surface area contributed by atoms with Crippen molar-refractivity contribution in [1.29, 1.82) is 0 Å². The average molecular weight is 316 g/mol. The summed E-state index contributed by atoms with van der Waals surface area (Å²) in [5.41, 5.74) is 0. The molecular formula is C10H13BrF3NO2. The summed E-state index contributed by atoms with van der Waals surface area (Å²) in [7, 11) is 0. The minimum absolute atomic E-state index is 0.00568. The first-order valence-corrected chi connectivity index (χ1v) is 5.81. The molecule has 3 nitrogen and oxygen atoms in total. The molecule has 1 aromatic heterocycles. The van der Waals surface area contributed by atoms with Crippen LogP contribution in [0, 0.1) is 0 Å². The molecule has 0 aromatic carbocycles. The van der Waals surface area contributed by atoms with E-state index in [-0.39, 0.29) is 12.6 Å². The maximum absolute atomic E-state index is 11.7. The van der Waals surface area contributed by atoms with Gasteiger partial charge in [0.15, 0.2) is 4.67 Å². The predicted molar refractivity (Wildman–Crippen MR) is 59.7 cm³/mol. The Labute approximate surface area is 105 Å². The van der Waals surface area contributed by atoms with Crippen LogP contribution in [0.25, 0.3) is 0 Å². The Hall–Kier alpha value is -0.530. The third-order valence-corrected chi connectivity index (χ3v) is 2.41. The molecule has 0 aliphatic rings. The van der Waals surface area contributed by atoms with Gasteiger partial charge in [0.05, 0.1) is 12.6 Å². The Morgan fingerprint density at radius 2 is 2.18 bits per heavy atom. The van der Waals surface area contributed by atoms with Gasteiger partial charge in [-0.3, -0.25) is 0 Å². The molecule has 0 aliphatic heterocycles. The fourth-order valence-corrected chi connectivity index (χ4v) is 1.52. The lowest BCUT2D eigenvalue weighted by Crippen LogP contribution is -2.25. The van der Waals surface area contributed by atoms with E-state index in [1.54, 1.807) is 12.1 Å². The third-order valence-electron chi connectivity index (χ3n) is 1.98. The van der Waals surface area contributed by atoms with E-state index >= 15 is 0 Å². The van der Waals surface area contributed by atoms with Gasteiger partial charge in [-0.2, -0.15) is 13.2 Å². The number of halogens is 4. The lowest BCUT2D eigenvalue weighted by atomic mass is 10.2. The molecule has 0 spiro atoms.